The number of carbonyl (C=O) groups excluding carboxylic acids is 1. The third-order valence-corrected chi connectivity index (χ3v) is 2.98. The van der Waals surface area contributed by atoms with Crippen molar-refractivity contribution in [3.8, 4) is 6.07 Å². The van der Waals surface area contributed by atoms with Gasteiger partial charge in [0.2, 0.25) is 0 Å². The number of amides is 1. The second-order valence-corrected chi connectivity index (χ2v) is 4.63. The Morgan fingerprint density at radius 2 is 1.90 bits per heavy atom. The van der Waals surface area contributed by atoms with E-state index in [0.29, 0.717) is 31.7 Å². The summed E-state index contributed by atoms with van der Waals surface area (Å²) >= 11 is 0. The predicted molar refractivity (Wildman–Crippen MR) is 78.8 cm³/mol. The summed E-state index contributed by atoms with van der Waals surface area (Å²) in [4.78, 5) is 16.0. The molecule has 0 bridgehead atoms. The first-order chi connectivity index (χ1) is 9.60. The van der Waals surface area contributed by atoms with Gasteiger partial charge in [0.15, 0.2) is 0 Å². The Morgan fingerprint density at radius 3 is 2.40 bits per heavy atom. The molecule has 20 heavy (non-hydrogen) atoms. The van der Waals surface area contributed by atoms with Crippen molar-refractivity contribution in [3.05, 3.63) is 29.8 Å². The minimum atomic E-state index is -0.0670. The fourth-order valence-electron chi connectivity index (χ4n) is 1.79. The first-order valence-electron chi connectivity index (χ1n) is 6.52. The van der Waals surface area contributed by atoms with Crippen molar-refractivity contribution in [2.75, 3.05) is 45.8 Å². The molecule has 0 heterocycles. The molecule has 0 spiro atoms. The van der Waals surface area contributed by atoms with Gasteiger partial charge in [0.05, 0.1) is 19.1 Å². The Balaban J connectivity index is 2.79. The third kappa shape index (κ3) is 4.56. The van der Waals surface area contributed by atoms with E-state index in [1.807, 2.05) is 43.3 Å². The van der Waals surface area contributed by atoms with Crippen LogP contribution in [0.4, 0.5) is 5.69 Å². The molecule has 0 aliphatic rings. The zero-order chi connectivity index (χ0) is 15.0. The molecule has 1 rings (SSSR count). The van der Waals surface area contributed by atoms with Gasteiger partial charge in [-0.2, -0.15) is 5.26 Å². The molecule has 0 radical (unpaired) electrons. The van der Waals surface area contributed by atoms with E-state index in [0.717, 1.165) is 5.69 Å². The summed E-state index contributed by atoms with van der Waals surface area (Å²) in [6.45, 7) is 1.38. The minimum absolute atomic E-state index is 0.0670. The highest BCUT2D eigenvalue weighted by Gasteiger charge is 2.15. The summed E-state index contributed by atoms with van der Waals surface area (Å²) in [6.07, 6.45) is 0.325. The van der Waals surface area contributed by atoms with E-state index in [1.54, 1.807) is 12.0 Å². The first kappa shape index (κ1) is 16.0. The van der Waals surface area contributed by atoms with Crippen LogP contribution < -0.4 is 4.90 Å². The van der Waals surface area contributed by atoms with Crippen molar-refractivity contribution >= 4 is 11.6 Å². The van der Waals surface area contributed by atoms with Crippen LogP contribution in [-0.2, 0) is 4.74 Å². The number of nitriles is 1. The van der Waals surface area contributed by atoms with Crippen LogP contribution in [0.15, 0.2) is 24.3 Å². The Labute approximate surface area is 120 Å². The lowest BCUT2D eigenvalue weighted by molar-refractivity contribution is 0.0700. The summed E-state index contributed by atoms with van der Waals surface area (Å²) in [5.74, 6) is -0.0670. The summed E-state index contributed by atoms with van der Waals surface area (Å²) in [5, 5.41) is 8.67. The first-order valence-corrected chi connectivity index (χ1v) is 6.52. The van der Waals surface area contributed by atoms with E-state index in [9.17, 15) is 4.79 Å². The Kier molecular flexibility index (Phi) is 6.54. The molecule has 0 saturated carbocycles. The maximum Gasteiger partial charge on any atom is 0.253 e. The molecule has 5 heteroatoms. The van der Waals surface area contributed by atoms with Gasteiger partial charge in [-0.15, -0.1) is 0 Å². The molecule has 1 aromatic carbocycles. The highest BCUT2D eigenvalue weighted by molar-refractivity contribution is 5.94. The fourth-order valence-corrected chi connectivity index (χ4v) is 1.79. The van der Waals surface area contributed by atoms with E-state index in [-0.39, 0.29) is 5.91 Å². The highest BCUT2D eigenvalue weighted by Crippen LogP contribution is 2.14. The maximum absolute atomic E-state index is 12.4. The zero-order valence-corrected chi connectivity index (χ0v) is 12.3. The number of anilines is 1. The molecular weight excluding hydrogens is 254 g/mol. The standard InChI is InChI=1S/C15H21N3O2/c1-17(2)14-7-5-13(6-8-14)15(19)18(10-4-9-16)11-12-20-3/h5-8H,4,10-12H2,1-3H3. The largest absolute Gasteiger partial charge is 0.383 e. The van der Waals surface area contributed by atoms with E-state index in [2.05, 4.69) is 6.07 Å². The van der Waals surface area contributed by atoms with Crippen LogP contribution in [-0.4, -0.2) is 51.7 Å². The van der Waals surface area contributed by atoms with Gasteiger partial charge in [-0.3, -0.25) is 4.79 Å². The molecule has 0 aliphatic heterocycles. The van der Waals surface area contributed by atoms with Crippen LogP contribution in [0, 0.1) is 11.3 Å². The van der Waals surface area contributed by atoms with Gasteiger partial charge in [0.1, 0.15) is 0 Å². The van der Waals surface area contributed by atoms with Gasteiger partial charge in [-0.25, -0.2) is 0 Å². The predicted octanol–water partition coefficient (Wildman–Crippen LogP) is 1.75. The number of methoxy groups -OCH3 is 1. The van der Waals surface area contributed by atoms with Crippen LogP contribution in [0.5, 0.6) is 0 Å². The van der Waals surface area contributed by atoms with Crippen molar-refractivity contribution in [1.29, 1.82) is 5.26 Å². The highest BCUT2D eigenvalue weighted by atomic mass is 16.5. The Morgan fingerprint density at radius 1 is 1.25 bits per heavy atom. The summed E-state index contributed by atoms with van der Waals surface area (Å²) in [6, 6.07) is 9.50. The average molecular weight is 275 g/mol. The van der Waals surface area contributed by atoms with E-state index in [4.69, 9.17) is 10.00 Å². The maximum atomic E-state index is 12.4. The molecular formula is C15H21N3O2. The lowest BCUT2D eigenvalue weighted by Crippen LogP contribution is -2.34. The summed E-state index contributed by atoms with van der Waals surface area (Å²) in [5.41, 5.74) is 1.67. The van der Waals surface area contributed by atoms with Gasteiger partial charge >= 0.3 is 0 Å². The van der Waals surface area contributed by atoms with Gasteiger partial charge in [-0.1, -0.05) is 0 Å². The molecule has 0 N–H and O–H groups in total. The van der Waals surface area contributed by atoms with Crippen molar-refractivity contribution in [2.24, 2.45) is 0 Å². The lowest BCUT2D eigenvalue weighted by Gasteiger charge is -2.21. The number of nitrogens with zero attached hydrogens (tertiary/aromatic N) is 3. The van der Waals surface area contributed by atoms with Gasteiger partial charge in [0.25, 0.3) is 5.91 Å². The Hall–Kier alpha value is -2.06. The van der Waals surface area contributed by atoms with E-state index >= 15 is 0 Å². The number of benzene rings is 1. The lowest BCUT2D eigenvalue weighted by atomic mass is 10.1. The Bertz CT molecular complexity index is 463. The van der Waals surface area contributed by atoms with E-state index < -0.39 is 0 Å². The zero-order valence-electron chi connectivity index (χ0n) is 12.3. The van der Waals surface area contributed by atoms with Crippen molar-refractivity contribution < 1.29 is 9.53 Å². The molecule has 1 amide bonds. The molecule has 5 nitrogen and oxygen atoms in total. The summed E-state index contributed by atoms with van der Waals surface area (Å²) < 4.78 is 5.01. The SMILES string of the molecule is COCCN(CCC#N)C(=O)c1ccc(N(C)C)cc1. The number of hydrogen-bond acceptors (Lipinski definition) is 4. The molecule has 108 valence electrons. The number of hydrogen-bond donors (Lipinski definition) is 0. The third-order valence-electron chi connectivity index (χ3n) is 2.98. The molecule has 1 aromatic rings. The number of rotatable bonds is 7. The van der Waals surface area contributed by atoms with Crippen molar-refractivity contribution in [1.82, 2.24) is 4.90 Å². The average Bonchev–Trinajstić information content (AvgIpc) is 2.47. The molecule has 0 aromatic heterocycles. The molecule has 0 aliphatic carbocycles. The number of ether oxygens (including phenoxy) is 1. The second kappa shape index (κ2) is 8.18. The van der Waals surface area contributed by atoms with Crippen molar-refractivity contribution in [2.45, 2.75) is 6.42 Å². The van der Waals surface area contributed by atoms with Crippen LogP contribution in [0.2, 0.25) is 0 Å². The normalized spacial score (nSPS) is 9.90. The topological polar surface area (TPSA) is 56.6 Å². The van der Waals surface area contributed by atoms with Gasteiger partial charge < -0.3 is 14.5 Å². The van der Waals surface area contributed by atoms with Crippen LogP contribution in [0.25, 0.3) is 0 Å². The van der Waals surface area contributed by atoms with Crippen molar-refractivity contribution in [3.63, 3.8) is 0 Å². The quantitative estimate of drug-likeness (QED) is 0.761. The van der Waals surface area contributed by atoms with Crippen LogP contribution >= 0.6 is 0 Å². The smallest absolute Gasteiger partial charge is 0.253 e. The fraction of sp³-hybridized carbons (Fsp3) is 0.467. The van der Waals surface area contributed by atoms with E-state index in [1.165, 1.54) is 0 Å². The van der Waals surface area contributed by atoms with Gasteiger partial charge in [-0.05, 0) is 24.3 Å². The monoisotopic (exact) mass is 275 g/mol. The molecule has 0 saturated heterocycles. The molecule has 0 fully saturated rings. The van der Waals surface area contributed by atoms with Crippen LogP contribution in [0.3, 0.4) is 0 Å². The van der Waals surface area contributed by atoms with Gasteiger partial charge in [0, 0.05) is 45.5 Å². The molecule has 0 atom stereocenters. The second-order valence-electron chi connectivity index (χ2n) is 4.63. The molecule has 0 unspecified atom stereocenters. The summed E-state index contributed by atoms with van der Waals surface area (Å²) in [7, 11) is 5.50. The number of carbonyl (C=O) groups is 1. The minimum Gasteiger partial charge on any atom is -0.383 e. The van der Waals surface area contributed by atoms with Crippen LogP contribution in [0.1, 0.15) is 16.8 Å².